The van der Waals surface area contributed by atoms with Crippen LogP contribution in [0, 0.1) is 17.1 Å². The predicted molar refractivity (Wildman–Crippen MR) is 121 cm³/mol. The number of nitriles is 1. The van der Waals surface area contributed by atoms with E-state index in [2.05, 4.69) is 0 Å². The standard InChI is InChI=1S/C25H19Cl2FN2O2/c1-30-23(16-4-8-19(26)9-5-16)24(17-6-10-20(27)11-7-17)32-22(25(30)31)13-15-2-3-18(14-29)21(28)12-15/h2-12,22-24H,13H2,1H3/t22-,23+,24-/m1/s1. The van der Waals surface area contributed by atoms with E-state index in [-0.39, 0.29) is 23.9 Å². The molecule has 4 rings (SSSR count). The van der Waals surface area contributed by atoms with Crippen LogP contribution in [-0.2, 0) is 16.0 Å². The molecule has 1 fully saturated rings. The van der Waals surface area contributed by atoms with Gasteiger partial charge in [-0.15, -0.1) is 0 Å². The van der Waals surface area contributed by atoms with Gasteiger partial charge in [0.05, 0.1) is 11.6 Å². The number of hydrogen-bond donors (Lipinski definition) is 0. The van der Waals surface area contributed by atoms with E-state index in [0.29, 0.717) is 15.6 Å². The first-order valence-corrected chi connectivity index (χ1v) is 10.7. The summed E-state index contributed by atoms with van der Waals surface area (Å²) in [5, 5.41) is 10.1. The number of carbonyl (C=O) groups excluding carboxylic acids is 1. The Hall–Kier alpha value is -2.91. The lowest BCUT2D eigenvalue weighted by molar-refractivity contribution is -0.171. The molecule has 0 spiro atoms. The van der Waals surface area contributed by atoms with E-state index in [1.807, 2.05) is 24.3 Å². The Labute approximate surface area is 195 Å². The molecular weight excluding hydrogens is 450 g/mol. The molecule has 3 aromatic rings. The number of amides is 1. The second-order valence-electron chi connectivity index (χ2n) is 7.67. The molecule has 1 aliphatic heterocycles. The zero-order valence-electron chi connectivity index (χ0n) is 17.1. The van der Waals surface area contributed by atoms with Crippen molar-refractivity contribution in [2.24, 2.45) is 0 Å². The highest BCUT2D eigenvalue weighted by molar-refractivity contribution is 6.30. The molecule has 1 amide bonds. The minimum atomic E-state index is -0.809. The first-order chi connectivity index (χ1) is 15.4. The molecule has 0 bridgehead atoms. The van der Waals surface area contributed by atoms with Gasteiger partial charge in [-0.1, -0.05) is 53.5 Å². The van der Waals surface area contributed by atoms with Crippen LogP contribution >= 0.6 is 23.2 Å². The summed E-state index contributed by atoms with van der Waals surface area (Å²) >= 11 is 12.1. The Kier molecular flexibility index (Phi) is 6.48. The van der Waals surface area contributed by atoms with Crippen molar-refractivity contribution in [3.05, 3.63) is 105 Å². The largest absolute Gasteiger partial charge is 0.358 e. The number of ether oxygens (including phenoxy) is 1. The summed E-state index contributed by atoms with van der Waals surface area (Å²) in [6.07, 6.45) is -1.09. The molecule has 0 radical (unpaired) electrons. The van der Waals surface area contributed by atoms with E-state index >= 15 is 0 Å². The summed E-state index contributed by atoms with van der Waals surface area (Å²) in [6, 6.07) is 20.4. The van der Waals surface area contributed by atoms with Crippen molar-refractivity contribution in [1.82, 2.24) is 4.90 Å². The van der Waals surface area contributed by atoms with Gasteiger partial charge in [-0.3, -0.25) is 4.79 Å². The van der Waals surface area contributed by atoms with Gasteiger partial charge in [0.25, 0.3) is 5.91 Å². The molecule has 0 aliphatic carbocycles. The average molecular weight is 469 g/mol. The van der Waals surface area contributed by atoms with Gasteiger partial charge in [0.15, 0.2) is 0 Å². The lowest BCUT2D eigenvalue weighted by Gasteiger charge is -2.43. The quantitative estimate of drug-likeness (QED) is 0.479. The number of rotatable bonds is 4. The van der Waals surface area contributed by atoms with E-state index in [4.69, 9.17) is 33.2 Å². The SMILES string of the molecule is CN1C(=O)[C@@H](Cc2ccc(C#N)c(F)c2)O[C@H](c2ccc(Cl)cc2)[C@@H]1c1ccc(Cl)cc1. The maximum absolute atomic E-state index is 14.1. The average Bonchev–Trinajstić information content (AvgIpc) is 2.78. The van der Waals surface area contributed by atoms with E-state index in [9.17, 15) is 9.18 Å². The van der Waals surface area contributed by atoms with Crippen molar-refractivity contribution < 1.29 is 13.9 Å². The predicted octanol–water partition coefficient (Wildman–Crippen LogP) is 5.89. The van der Waals surface area contributed by atoms with E-state index < -0.39 is 18.0 Å². The molecule has 3 atom stereocenters. The van der Waals surface area contributed by atoms with Gasteiger partial charge in [-0.25, -0.2) is 4.39 Å². The number of morpholine rings is 1. The molecule has 4 nitrogen and oxygen atoms in total. The minimum absolute atomic E-state index is 0.0383. The van der Waals surface area contributed by atoms with Crippen LogP contribution in [-0.4, -0.2) is 24.0 Å². The number of hydrogen-bond acceptors (Lipinski definition) is 3. The van der Waals surface area contributed by atoms with Crippen LogP contribution in [0.3, 0.4) is 0 Å². The van der Waals surface area contributed by atoms with Crippen molar-refractivity contribution in [2.75, 3.05) is 7.05 Å². The third-order valence-electron chi connectivity index (χ3n) is 5.62. The summed E-state index contributed by atoms with van der Waals surface area (Å²) in [5.74, 6) is -0.824. The zero-order valence-corrected chi connectivity index (χ0v) is 18.6. The zero-order chi connectivity index (χ0) is 22.8. The van der Waals surface area contributed by atoms with Gasteiger partial charge < -0.3 is 9.64 Å². The van der Waals surface area contributed by atoms with Gasteiger partial charge in [0, 0.05) is 23.5 Å². The van der Waals surface area contributed by atoms with Crippen molar-refractivity contribution in [3.63, 3.8) is 0 Å². The van der Waals surface area contributed by atoms with Gasteiger partial charge in [0.2, 0.25) is 0 Å². The third-order valence-corrected chi connectivity index (χ3v) is 6.13. The molecule has 1 aliphatic rings. The summed E-state index contributed by atoms with van der Waals surface area (Å²) in [7, 11) is 1.74. The van der Waals surface area contributed by atoms with Gasteiger partial charge in [-0.05, 0) is 53.1 Å². The summed E-state index contributed by atoms with van der Waals surface area (Å²) < 4.78 is 20.4. The van der Waals surface area contributed by atoms with Gasteiger partial charge in [-0.2, -0.15) is 5.26 Å². The van der Waals surface area contributed by atoms with Crippen molar-refractivity contribution in [3.8, 4) is 6.07 Å². The molecular formula is C25H19Cl2FN2O2. The van der Waals surface area contributed by atoms with Crippen LogP contribution in [0.15, 0.2) is 66.7 Å². The Morgan fingerprint density at radius 2 is 1.59 bits per heavy atom. The van der Waals surface area contributed by atoms with Crippen LogP contribution < -0.4 is 0 Å². The van der Waals surface area contributed by atoms with Crippen molar-refractivity contribution in [2.45, 2.75) is 24.7 Å². The highest BCUT2D eigenvalue weighted by atomic mass is 35.5. The Balaban J connectivity index is 1.69. The topological polar surface area (TPSA) is 53.3 Å². The lowest BCUT2D eigenvalue weighted by Crippen LogP contribution is -2.49. The maximum atomic E-state index is 14.1. The fraction of sp³-hybridized carbons (Fsp3) is 0.200. The van der Waals surface area contributed by atoms with E-state index in [1.165, 1.54) is 12.1 Å². The molecule has 0 saturated carbocycles. The molecule has 1 saturated heterocycles. The van der Waals surface area contributed by atoms with Gasteiger partial charge in [0.1, 0.15) is 24.1 Å². The first kappa shape index (κ1) is 22.3. The number of nitrogens with zero attached hydrogens (tertiary/aromatic N) is 2. The summed E-state index contributed by atoms with van der Waals surface area (Å²) in [6.45, 7) is 0. The van der Waals surface area contributed by atoms with Crippen LogP contribution in [0.5, 0.6) is 0 Å². The fourth-order valence-corrected chi connectivity index (χ4v) is 4.23. The normalized spacial score (nSPS) is 20.8. The Morgan fingerprint density at radius 3 is 2.16 bits per heavy atom. The smallest absolute Gasteiger partial charge is 0.252 e. The highest BCUT2D eigenvalue weighted by Crippen LogP contribution is 2.42. The van der Waals surface area contributed by atoms with Crippen LogP contribution in [0.1, 0.15) is 34.4 Å². The third kappa shape index (κ3) is 4.49. The second-order valence-corrected chi connectivity index (χ2v) is 8.55. The summed E-state index contributed by atoms with van der Waals surface area (Å²) in [4.78, 5) is 14.9. The molecule has 32 heavy (non-hydrogen) atoms. The molecule has 7 heteroatoms. The van der Waals surface area contributed by atoms with Crippen LogP contribution in [0.2, 0.25) is 10.0 Å². The maximum Gasteiger partial charge on any atom is 0.252 e. The number of benzene rings is 3. The monoisotopic (exact) mass is 468 g/mol. The van der Waals surface area contributed by atoms with Crippen molar-refractivity contribution >= 4 is 29.1 Å². The summed E-state index contributed by atoms with van der Waals surface area (Å²) in [5.41, 5.74) is 2.29. The van der Waals surface area contributed by atoms with Gasteiger partial charge >= 0.3 is 0 Å². The first-order valence-electron chi connectivity index (χ1n) is 9.99. The van der Waals surface area contributed by atoms with Crippen molar-refractivity contribution in [1.29, 1.82) is 5.26 Å². The minimum Gasteiger partial charge on any atom is -0.358 e. The highest BCUT2D eigenvalue weighted by Gasteiger charge is 2.42. The molecule has 0 N–H and O–H groups in total. The molecule has 1 heterocycles. The van der Waals surface area contributed by atoms with E-state index in [1.54, 1.807) is 48.3 Å². The fourth-order valence-electron chi connectivity index (χ4n) is 3.97. The molecule has 0 aromatic heterocycles. The van der Waals surface area contributed by atoms with Crippen LogP contribution in [0.25, 0.3) is 0 Å². The lowest BCUT2D eigenvalue weighted by atomic mass is 9.91. The number of likely N-dealkylation sites (N-methyl/N-ethyl adjacent to an activating group) is 1. The molecule has 3 aromatic carbocycles. The Morgan fingerprint density at radius 1 is 1.00 bits per heavy atom. The number of carbonyl (C=O) groups is 1. The van der Waals surface area contributed by atoms with Crippen LogP contribution in [0.4, 0.5) is 4.39 Å². The molecule has 162 valence electrons. The molecule has 0 unspecified atom stereocenters. The second kappa shape index (κ2) is 9.30. The number of halogens is 3. The van der Waals surface area contributed by atoms with E-state index in [0.717, 1.165) is 11.1 Å². The Bertz CT molecular complexity index is 1180.